The number of ether oxygens (including phenoxy) is 2. The highest BCUT2D eigenvalue weighted by atomic mass is 19.3. The number of nitrogens with one attached hydrogen (secondary N) is 2. The Bertz CT molecular complexity index is 1940. The Morgan fingerprint density at radius 1 is 0.824 bits per heavy atom. The summed E-state index contributed by atoms with van der Waals surface area (Å²) in [7, 11) is 0. The van der Waals surface area contributed by atoms with E-state index in [2.05, 4.69) is 33.2 Å². The number of benzene rings is 2. The van der Waals surface area contributed by atoms with Crippen LogP contribution in [0.2, 0.25) is 0 Å². The van der Waals surface area contributed by atoms with Crippen LogP contribution in [0.15, 0.2) is 48.7 Å². The number of carbonyl (C=O) groups is 2. The molecule has 2 aromatic carbocycles. The Kier molecular flexibility index (Phi) is 8.70. The number of imidazole rings is 2. The van der Waals surface area contributed by atoms with Crippen molar-refractivity contribution in [3.63, 3.8) is 0 Å². The number of hydrogen-bond acceptors (Lipinski definition) is 6. The number of fused-ring (bicyclic) bond motifs is 3. The molecule has 4 heterocycles. The molecule has 2 atom stereocenters. The molecule has 0 unspecified atom stereocenters. The Hall–Kier alpha value is -4.74. The van der Waals surface area contributed by atoms with Gasteiger partial charge in [-0.05, 0) is 95.9 Å². The van der Waals surface area contributed by atoms with Gasteiger partial charge >= 0.3 is 12.2 Å². The van der Waals surface area contributed by atoms with Gasteiger partial charge in [0.1, 0.15) is 22.9 Å². The molecule has 1 aliphatic carbocycles. The van der Waals surface area contributed by atoms with Crippen LogP contribution in [-0.4, -0.2) is 72.1 Å². The highest BCUT2D eigenvalue weighted by Crippen LogP contribution is 2.42. The smallest absolute Gasteiger partial charge is 0.411 e. The second-order valence-corrected chi connectivity index (χ2v) is 16.0. The number of nitrogens with zero attached hydrogens (tertiary/aromatic N) is 4. The fourth-order valence-corrected chi connectivity index (χ4v) is 7.32. The van der Waals surface area contributed by atoms with Crippen molar-refractivity contribution >= 4 is 12.2 Å². The predicted molar refractivity (Wildman–Crippen MR) is 189 cm³/mol. The lowest BCUT2D eigenvalue weighted by Gasteiger charge is -2.27. The molecule has 0 bridgehead atoms. The zero-order chi connectivity index (χ0) is 36.3. The first kappa shape index (κ1) is 34.7. The molecule has 2 aliphatic heterocycles. The van der Waals surface area contributed by atoms with Crippen LogP contribution in [0.25, 0.3) is 33.6 Å². The minimum absolute atomic E-state index is 0.137. The molecule has 2 N–H and O–H groups in total. The molecule has 0 spiro atoms. The average molecular weight is 701 g/mol. The molecule has 270 valence electrons. The summed E-state index contributed by atoms with van der Waals surface area (Å²) in [5, 5.41) is 0. The van der Waals surface area contributed by atoms with Gasteiger partial charge in [-0.15, -0.1) is 0 Å². The van der Waals surface area contributed by atoms with Crippen molar-refractivity contribution in [2.75, 3.05) is 13.1 Å². The van der Waals surface area contributed by atoms with E-state index < -0.39 is 42.2 Å². The van der Waals surface area contributed by atoms with Gasteiger partial charge in [-0.25, -0.2) is 28.3 Å². The number of H-pyrrole nitrogens is 2. The molecule has 7 rings (SSSR count). The molecule has 2 aromatic heterocycles. The fraction of sp³-hybridized carbons (Fsp3) is 0.487. The molecular weight excluding hydrogens is 654 g/mol. The minimum Gasteiger partial charge on any atom is -0.444 e. The molecule has 2 amide bonds. The Balaban J connectivity index is 1.09. The lowest BCUT2D eigenvalue weighted by atomic mass is 9.95. The summed E-state index contributed by atoms with van der Waals surface area (Å²) in [6, 6.07) is 13.5. The number of carbonyl (C=O) groups excluding carboxylic acids is 2. The maximum absolute atomic E-state index is 14.5. The van der Waals surface area contributed by atoms with Crippen molar-refractivity contribution < 1.29 is 27.8 Å². The summed E-state index contributed by atoms with van der Waals surface area (Å²) in [4.78, 5) is 44.9. The maximum Gasteiger partial charge on any atom is 0.411 e. The van der Waals surface area contributed by atoms with Gasteiger partial charge in [0.2, 0.25) is 0 Å². The molecule has 3 aliphatic rings. The molecule has 4 aromatic rings. The van der Waals surface area contributed by atoms with Crippen molar-refractivity contribution in [2.45, 2.75) is 109 Å². The normalized spacial score (nSPS) is 20.2. The predicted octanol–water partition coefficient (Wildman–Crippen LogP) is 9.01. The third-order valence-corrected chi connectivity index (χ3v) is 9.56. The molecule has 2 fully saturated rings. The summed E-state index contributed by atoms with van der Waals surface area (Å²) in [6.45, 7) is 10.7. The lowest BCUT2D eigenvalue weighted by Crippen LogP contribution is -2.38. The average Bonchev–Trinajstić information content (AvgIpc) is 3.84. The van der Waals surface area contributed by atoms with Crippen LogP contribution in [-0.2, 0) is 22.3 Å². The van der Waals surface area contributed by atoms with Gasteiger partial charge in [-0.3, -0.25) is 9.80 Å². The van der Waals surface area contributed by atoms with Crippen LogP contribution in [0.4, 0.5) is 18.4 Å². The first-order chi connectivity index (χ1) is 24.0. The van der Waals surface area contributed by atoms with Gasteiger partial charge in [-0.2, -0.15) is 0 Å². The molecule has 10 nitrogen and oxygen atoms in total. The van der Waals surface area contributed by atoms with E-state index in [1.165, 1.54) is 5.56 Å². The van der Waals surface area contributed by atoms with Gasteiger partial charge in [0, 0.05) is 24.2 Å². The summed E-state index contributed by atoms with van der Waals surface area (Å²) in [5.74, 6) is -1.92. The quantitative estimate of drug-likeness (QED) is 0.220. The van der Waals surface area contributed by atoms with Crippen molar-refractivity contribution in [1.29, 1.82) is 0 Å². The van der Waals surface area contributed by atoms with Crippen LogP contribution in [0, 0.1) is 0 Å². The van der Waals surface area contributed by atoms with Gasteiger partial charge in [-0.1, -0.05) is 42.5 Å². The van der Waals surface area contributed by atoms with E-state index >= 15 is 0 Å². The second kappa shape index (κ2) is 12.8. The Labute approximate surface area is 297 Å². The van der Waals surface area contributed by atoms with Gasteiger partial charge < -0.3 is 19.4 Å². The summed E-state index contributed by atoms with van der Waals surface area (Å²) in [6.07, 6.45) is 4.53. The SMILES string of the molecule is CC(C)(C)OC(=O)N1CC(F)(F)C[C@H]1c1ncc(-c2ccc(-c3ccc4c(c3)CCCc3[nH]c([C@@H]5CCCN5C(=O)OC(C)(C)C)nc3-4)cc2)[nH]1. The van der Waals surface area contributed by atoms with E-state index in [4.69, 9.17) is 14.5 Å². The summed E-state index contributed by atoms with van der Waals surface area (Å²) in [5.41, 5.74) is 6.67. The van der Waals surface area contributed by atoms with Crippen molar-refractivity contribution in [3.05, 3.63) is 71.6 Å². The van der Waals surface area contributed by atoms with E-state index in [1.54, 1.807) is 31.9 Å². The Morgan fingerprint density at radius 3 is 2.20 bits per heavy atom. The number of aromatic nitrogens is 4. The van der Waals surface area contributed by atoms with Crippen LogP contribution >= 0.6 is 0 Å². The number of aryl methyl sites for hydroxylation is 2. The Morgan fingerprint density at radius 2 is 1.49 bits per heavy atom. The monoisotopic (exact) mass is 700 g/mol. The zero-order valence-corrected chi connectivity index (χ0v) is 30.1. The molecule has 0 saturated carbocycles. The molecular formula is C39H46F2N6O4. The molecule has 2 saturated heterocycles. The fourth-order valence-electron chi connectivity index (χ4n) is 7.32. The number of amides is 2. The molecule has 12 heteroatoms. The topological polar surface area (TPSA) is 116 Å². The van der Waals surface area contributed by atoms with Gasteiger partial charge in [0.05, 0.1) is 36.2 Å². The van der Waals surface area contributed by atoms with Crippen molar-refractivity contribution in [1.82, 2.24) is 29.7 Å². The van der Waals surface area contributed by atoms with Crippen LogP contribution in [0.5, 0.6) is 0 Å². The van der Waals surface area contributed by atoms with E-state index in [9.17, 15) is 18.4 Å². The van der Waals surface area contributed by atoms with Crippen LogP contribution < -0.4 is 0 Å². The number of aromatic amines is 2. The standard InChI is InChI=1S/C39H46F2N6O4/c1-37(2,3)50-35(48)46-18-8-11-30(46)34-43-28-10-7-9-26-19-25(16-17-27(26)32(28)45-34)23-12-14-24(15-13-23)29-21-42-33(44-29)31-20-39(40,41)22-47(31)36(49)51-38(4,5)6/h12-17,19,21,30-31H,7-11,18,20,22H2,1-6H3,(H,42,44)(H,43,45)/t30-,31-/m0/s1. The summed E-state index contributed by atoms with van der Waals surface area (Å²) >= 11 is 0. The highest BCUT2D eigenvalue weighted by molar-refractivity contribution is 5.76. The number of rotatable bonds is 4. The number of likely N-dealkylation sites (tertiary alicyclic amines) is 2. The van der Waals surface area contributed by atoms with E-state index in [0.29, 0.717) is 18.1 Å². The molecule has 51 heavy (non-hydrogen) atoms. The van der Waals surface area contributed by atoms with Crippen LogP contribution in [0.3, 0.4) is 0 Å². The van der Waals surface area contributed by atoms with E-state index in [-0.39, 0.29) is 12.1 Å². The van der Waals surface area contributed by atoms with Crippen LogP contribution in [0.1, 0.15) is 102 Å². The van der Waals surface area contributed by atoms with Crippen molar-refractivity contribution in [3.8, 4) is 33.6 Å². The number of alkyl halides is 2. The first-order valence-electron chi connectivity index (χ1n) is 17.8. The minimum atomic E-state index is -3.04. The zero-order valence-electron chi connectivity index (χ0n) is 30.1. The number of hydrogen-bond donors (Lipinski definition) is 2. The van der Waals surface area contributed by atoms with Gasteiger partial charge in [0.25, 0.3) is 5.92 Å². The lowest BCUT2D eigenvalue weighted by molar-refractivity contribution is -0.00248. The maximum atomic E-state index is 14.5. The third kappa shape index (κ3) is 7.36. The number of halogens is 2. The first-order valence-corrected chi connectivity index (χ1v) is 17.8. The largest absolute Gasteiger partial charge is 0.444 e. The summed E-state index contributed by atoms with van der Waals surface area (Å²) < 4.78 is 40.1. The van der Waals surface area contributed by atoms with E-state index in [1.807, 2.05) is 45.0 Å². The van der Waals surface area contributed by atoms with Gasteiger partial charge in [0.15, 0.2) is 0 Å². The molecule has 0 radical (unpaired) electrons. The third-order valence-electron chi connectivity index (χ3n) is 9.56. The second-order valence-electron chi connectivity index (χ2n) is 16.0. The highest BCUT2D eigenvalue weighted by Gasteiger charge is 2.50. The van der Waals surface area contributed by atoms with Crippen molar-refractivity contribution in [2.24, 2.45) is 0 Å². The van der Waals surface area contributed by atoms with E-state index in [0.717, 1.165) is 76.5 Å².